The van der Waals surface area contributed by atoms with E-state index in [-0.39, 0.29) is 0 Å². The lowest BCUT2D eigenvalue weighted by Crippen LogP contribution is -2.12. The second-order valence-electron chi connectivity index (χ2n) is 2.46. The molecule has 4 N–H and O–H groups in total. The molecule has 0 amide bonds. The zero-order chi connectivity index (χ0) is 9.68. The van der Waals surface area contributed by atoms with Crippen LogP contribution in [0.4, 0.5) is 11.8 Å². The largest absolute Gasteiger partial charge is 0.369 e. The van der Waals surface area contributed by atoms with E-state index in [1.54, 1.807) is 0 Å². The summed E-state index contributed by atoms with van der Waals surface area (Å²) in [4.78, 5) is 7.88. The number of nitrogens with two attached hydrogens (primary N) is 1. The summed E-state index contributed by atoms with van der Waals surface area (Å²) in [5, 5.41) is 3.55. The van der Waals surface area contributed by atoms with E-state index in [2.05, 4.69) is 27.6 Å². The van der Waals surface area contributed by atoms with Crippen LogP contribution in [0.1, 0.15) is 13.3 Å². The molecule has 0 fully saturated rings. The van der Waals surface area contributed by atoms with Gasteiger partial charge in [0.15, 0.2) is 5.82 Å². The normalized spacial score (nSPS) is 9.77. The van der Waals surface area contributed by atoms with E-state index in [0.29, 0.717) is 16.8 Å². The van der Waals surface area contributed by atoms with E-state index in [4.69, 9.17) is 17.4 Å². The first kappa shape index (κ1) is 10.0. The van der Waals surface area contributed by atoms with Crippen LogP contribution in [-0.4, -0.2) is 16.5 Å². The smallest absolute Gasteiger partial charge is 0.239 e. The van der Waals surface area contributed by atoms with E-state index in [9.17, 15) is 0 Å². The molecule has 0 aliphatic heterocycles. The molecule has 6 heteroatoms. The van der Waals surface area contributed by atoms with Crippen LogP contribution in [0, 0.1) is 0 Å². The summed E-state index contributed by atoms with van der Waals surface area (Å²) >= 11 is 5.83. The van der Waals surface area contributed by atoms with Crippen molar-refractivity contribution in [3.63, 3.8) is 0 Å². The van der Waals surface area contributed by atoms with E-state index in [1.807, 2.05) is 0 Å². The van der Waals surface area contributed by atoms with Gasteiger partial charge in [0.05, 0.1) is 6.20 Å². The van der Waals surface area contributed by atoms with Crippen molar-refractivity contribution in [1.29, 1.82) is 0 Å². The second kappa shape index (κ2) is 4.84. The van der Waals surface area contributed by atoms with Gasteiger partial charge in [0.2, 0.25) is 5.95 Å². The summed E-state index contributed by atoms with van der Waals surface area (Å²) in [6.07, 6.45) is 2.51. The number of hydrogen-bond donors (Lipinski definition) is 3. The van der Waals surface area contributed by atoms with Gasteiger partial charge in [0.1, 0.15) is 5.02 Å². The molecule has 0 atom stereocenters. The number of nitrogen functional groups attached to an aromatic ring is 1. The Kier molecular flexibility index (Phi) is 3.72. The van der Waals surface area contributed by atoms with Crippen LogP contribution in [0.2, 0.25) is 5.02 Å². The number of nitrogens with one attached hydrogen (secondary N) is 2. The SMILES string of the molecule is CCCNc1nc(NN)ncc1Cl. The molecule has 1 heterocycles. The maximum atomic E-state index is 5.83. The Balaban J connectivity index is 2.78. The molecular weight excluding hydrogens is 190 g/mol. The number of hydrogen-bond acceptors (Lipinski definition) is 5. The molecule has 1 aromatic rings. The minimum atomic E-state index is 0.350. The predicted molar refractivity (Wildman–Crippen MR) is 53.6 cm³/mol. The van der Waals surface area contributed by atoms with Crippen LogP contribution in [0.3, 0.4) is 0 Å². The molecule has 0 aliphatic carbocycles. The van der Waals surface area contributed by atoms with Gasteiger partial charge in [0.25, 0.3) is 0 Å². The number of anilines is 2. The third-order valence-corrected chi connectivity index (χ3v) is 1.69. The highest BCUT2D eigenvalue weighted by Gasteiger charge is 2.02. The lowest BCUT2D eigenvalue weighted by atomic mass is 10.4. The molecule has 0 unspecified atom stereocenters. The Hall–Kier alpha value is -1.07. The number of nitrogens with zero attached hydrogens (tertiary/aromatic N) is 2. The van der Waals surface area contributed by atoms with E-state index < -0.39 is 0 Å². The number of rotatable bonds is 4. The van der Waals surface area contributed by atoms with Gasteiger partial charge in [-0.1, -0.05) is 18.5 Å². The van der Waals surface area contributed by atoms with Crippen LogP contribution in [0.5, 0.6) is 0 Å². The fraction of sp³-hybridized carbons (Fsp3) is 0.429. The van der Waals surface area contributed by atoms with Crippen molar-refractivity contribution >= 4 is 23.4 Å². The molecule has 1 aromatic heterocycles. The summed E-state index contributed by atoms with van der Waals surface area (Å²) in [7, 11) is 0. The molecule has 13 heavy (non-hydrogen) atoms. The molecular formula is C7H12ClN5. The number of halogens is 1. The van der Waals surface area contributed by atoms with Gasteiger partial charge in [-0.3, -0.25) is 5.43 Å². The molecule has 5 nitrogen and oxygen atoms in total. The molecule has 0 aromatic carbocycles. The van der Waals surface area contributed by atoms with Crippen molar-refractivity contribution < 1.29 is 0 Å². The zero-order valence-corrected chi connectivity index (χ0v) is 8.10. The van der Waals surface area contributed by atoms with Crippen LogP contribution >= 0.6 is 11.6 Å². The highest BCUT2D eigenvalue weighted by molar-refractivity contribution is 6.32. The van der Waals surface area contributed by atoms with Crippen LogP contribution in [0.25, 0.3) is 0 Å². The molecule has 0 spiro atoms. The van der Waals surface area contributed by atoms with Crippen molar-refractivity contribution in [2.24, 2.45) is 5.84 Å². The monoisotopic (exact) mass is 201 g/mol. The van der Waals surface area contributed by atoms with Gasteiger partial charge in [-0.05, 0) is 6.42 Å². The summed E-state index contributed by atoms with van der Waals surface area (Å²) in [5.74, 6) is 6.10. The molecule has 0 aliphatic rings. The molecule has 1 rings (SSSR count). The standard InChI is InChI=1S/C7H12ClN5/c1-2-3-10-6-5(8)4-11-7(12-6)13-9/h4H,2-3,9H2,1H3,(H2,10,11,12,13). The van der Waals surface area contributed by atoms with Crippen LogP contribution in [0.15, 0.2) is 6.20 Å². The molecule has 0 saturated carbocycles. The van der Waals surface area contributed by atoms with E-state index in [0.717, 1.165) is 13.0 Å². The number of hydrazine groups is 1. The highest BCUT2D eigenvalue weighted by atomic mass is 35.5. The highest BCUT2D eigenvalue weighted by Crippen LogP contribution is 2.18. The first-order valence-corrected chi connectivity index (χ1v) is 4.38. The third kappa shape index (κ3) is 2.71. The van der Waals surface area contributed by atoms with Gasteiger partial charge < -0.3 is 5.32 Å². The quantitative estimate of drug-likeness (QED) is 0.505. The average Bonchev–Trinajstić information content (AvgIpc) is 2.17. The lowest BCUT2D eigenvalue weighted by Gasteiger charge is -2.06. The Morgan fingerprint density at radius 2 is 2.38 bits per heavy atom. The molecule has 0 saturated heterocycles. The Labute approximate surface area is 81.7 Å². The summed E-state index contributed by atoms with van der Waals surface area (Å²) in [6.45, 7) is 2.88. The maximum absolute atomic E-state index is 5.83. The van der Waals surface area contributed by atoms with Gasteiger partial charge in [-0.2, -0.15) is 4.98 Å². The van der Waals surface area contributed by atoms with Crippen LogP contribution < -0.4 is 16.6 Å². The number of aromatic nitrogens is 2. The average molecular weight is 202 g/mol. The van der Waals surface area contributed by atoms with E-state index >= 15 is 0 Å². The third-order valence-electron chi connectivity index (χ3n) is 1.42. The van der Waals surface area contributed by atoms with Crippen molar-refractivity contribution in [3.8, 4) is 0 Å². The Morgan fingerprint density at radius 1 is 1.62 bits per heavy atom. The van der Waals surface area contributed by atoms with Gasteiger partial charge in [0, 0.05) is 6.54 Å². The second-order valence-corrected chi connectivity index (χ2v) is 2.87. The fourth-order valence-corrected chi connectivity index (χ4v) is 0.962. The zero-order valence-electron chi connectivity index (χ0n) is 7.34. The van der Waals surface area contributed by atoms with Gasteiger partial charge >= 0.3 is 0 Å². The van der Waals surface area contributed by atoms with Crippen molar-refractivity contribution in [2.45, 2.75) is 13.3 Å². The Morgan fingerprint density at radius 3 is 3.00 bits per heavy atom. The minimum absolute atomic E-state index is 0.350. The van der Waals surface area contributed by atoms with Crippen molar-refractivity contribution in [1.82, 2.24) is 9.97 Å². The fourth-order valence-electron chi connectivity index (χ4n) is 0.804. The van der Waals surface area contributed by atoms with Crippen LogP contribution in [-0.2, 0) is 0 Å². The molecule has 72 valence electrons. The maximum Gasteiger partial charge on any atom is 0.239 e. The minimum Gasteiger partial charge on any atom is -0.369 e. The predicted octanol–water partition coefficient (Wildman–Crippen LogP) is 1.24. The molecule has 0 radical (unpaired) electrons. The lowest BCUT2D eigenvalue weighted by molar-refractivity contribution is 0.964. The Bertz CT molecular complexity index is 278. The summed E-state index contributed by atoms with van der Waals surface area (Å²) in [5.41, 5.74) is 2.35. The van der Waals surface area contributed by atoms with Crippen molar-refractivity contribution in [3.05, 3.63) is 11.2 Å². The first-order chi connectivity index (χ1) is 6.27. The topological polar surface area (TPSA) is 75.9 Å². The van der Waals surface area contributed by atoms with Gasteiger partial charge in [-0.25, -0.2) is 10.8 Å². The van der Waals surface area contributed by atoms with Gasteiger partial charge in [-0.15, -0.1) is 0 Å². The molecule has 0 bridgehead atoms. The summed E-state index contributed by atoms with van der Waals surface area (Å²) in [6, 6.07) is 0. The van der Waals surface area contributed by atoms with E-state index in [1.165, 1.54) is 6.20 Å². The van der Waals surface area contributed by atoms with Crippen molar-refractivity contribution in [2.75, 3.05) is 17.3 Å². The first-order valence-electron chi connectivity index (χ1n) is 4.01. The summed E-state index contributed by atoms with van der Waals surface area (Å²) < 4.78 is 0.